The summed E-state index contributed by atoms with van der Waals surface area (Å²) in [5, 5.41) is 4.53. The largest absolute Gasteiger partial charge is 0.371 e. The van der Waals surface area contributed by atoms with Gasteiger partial charge in [0.15, 0.2) is 0 Å². The Hall–Kier alpha value is -2.21. The van der Waals surface area contributed by atoms with Crippen LogP contribution in [0.25, 0.3) is 0 Å². The van der Waals surface area contributed by atoms with E-state index in [2.05, 4.69) is 61.5 Å². The Balaban J connectivity index is 1.28. The van der Waals surface area contributed by atoms with Gasteiger partial charge in [0.25, 0.3) is 0 Å². The molecular formula is C26H32ClN5. The predicted molar refractivity (Wildman–Crippen MR) is 132 cm³/mol. The number of dihydropyridines is 1. The van der Waals surface area contributed by atoms with Crippen LogP contribution in [0.3, 0.4) is 0 Å². The number of nitrogens with one attached hydrogen (secondary N) is 1. The van der Waals surface area contributed by atoms with Crippen molar-refractivity contribution in [1.29, 1.82) is 0 Å². The Morgan fingerprint density at radius 3 is 2.72 bits per heavy atom. The van der Waals surface area contributed by atoms with Crippen LogP contribution in [-0.2, 0) is 6.54 Å². The number of piperidine rings is 1. The van der Waals surface area contributed by atoms with Crippen LogP contribution in [0, 0.1) is 0 Å². The summed E-state index contributed by atoms with van der Waals surface area (Å²) in [7, 11) is 0. The lowest BCUT2D eigenvalue weighted by atomic mass is 9.95. The van der Waals surface area contributed by atoms with Crippen LogP contribution in [0.1, 0.15) is 31.2 Å². The van der Waals surface area contributed by atoms with Crippen molar-refractivity contribution < 1.29 is 0 Å². The lowest BCUT2D eigenvalue weighted by Crippen LogP contribution is -2.47. The number of allylic oxidation sites excluding steroid dienone is 3. The Morgan fingerprint density at radius 2 is 1.94 bits per heavy atom. The minimum absolute atomic E-state index is 0.340. The van der Waals surface area contributed by atoms with Gasteiger partial charge in [-0.1, -0.05) is 23.3 Å². The second kappa shape index (κ2) is 10.2. The van der Waals surface area contributed by atoms with Crippen LogP contribution < -0.4 is 5.32 Å². The van der Waals surface area contributed by atoms with Crippen molar-refractivity contribution in [2.75, 3.05) is 32.7 Å². The van der Waals surface area contributed by atoms with E-state index < -0.39 is 0 Å². The van der Waals surface area contributed by atoms with E-state index in [1.54, 1.807) is 0 Å². The second-order valence-corrected chi connectivity index (χ2v) is 9.64. The summed E-state index contributed by atoms with van der Waals surface area (Å²) >= 11 is 6.33. The molecule has 0 saturated carbocycles. The minimum atomic E-state index is 0.340. The quantitative estimate of drug-likeness (QED) is 0.711. The fraction of sp³-hybridized carbons (Fsp3) is 0.462. The molecule has 6 rings (SSSR count). The summed E-state index contributed by atoms with van der Waals surface area (Å²) in [5.41, 5.74) is 5.61. The van der Waals surface area contributed by atoms with Gasteiger partial charge in [0.1, 0.15) is 0 Å². The van der Waals surface area contributed by atoms with Crippen molar-refractivity contribution in [3.8, 4) is 0 Å². The average Bonchev–Trinajstić information content (AvgIpc) is 2.82. The van der Waals surface area contributed by atoms with Crippen LogP contribution >= 0.6 is 11.6 Å². The maximum Gasteiger partial charge on any atom is 0.0427 e. The number of pyridine rings is 1. The van der Waals surface area contributed by atoms with Crippen molar-refractivity contribution in [1.82, 2.24) is 20.1 Å². The standard InChI is InChI=1S/C26H32ClN5/c27-23-2-1-22-17-30-24(15-23)16-26(22)31-13-7-25(8-14-31)32(18-20-3-9-28-10-4-20)19-21-5-11-29-12-6-21/h1-5,9-11,16,24-25,30H,6-8,12-15,17-19H2/b22-1+,23-2+. The van der Waals surface area contributed by atoms with Crippen LogP contribution in [0.5, 0.6) is 0 Å². The highest BCUT2D eigenvalue weighted by molar-refractivity contribution is 6.29. The molecule has 5 nitrogen and oxygen atoms in total. The lowest BCUT2D eigenvalue weighted by Gasteiger charge is -2.42. The van der Waals surface area contributed by atoms with Crippen molar-refractivity contribution in [2.24, 2.45) is 4.99 Å². The van der Waals surface area contributed by atoms with E-state index in [4.69, 9.17) is 11.6 Å². The molecule has 5 aliphatic rings. The van der Waals surface area contributed by atoms with Gasteiger partial charge in [0, 0.05) is 87.1 Å². The molecule has 0 radical (unpaired) electrons. The molecule has 0 aromatic carbocycles. The zero-order valence-electron chi connectivity index (χ0n) is 18.6. The number of hydrogen-bond acceptors (Lipinski definition) is 5. The molecule has 1 N–H and O–H groups in total. The fourth-order valence-corrected chi connectivity index (χ4v) is 5.40. The lowest BCUT2D eigenvalue weighted by molar-refractivity contribution is 0.125. The summed E-state index contributed by atoms with van der Waals surface area (Å²) in [6.07, 6.45) is 19.0. The topological polar surface area (TPSA) is 43.8 Å². The number of nitrogens with zero attached hydrogens (tertiary/aromatic N) is 4. The molecule has 32 heavy (non-hydrogen) atoms. The molecule has 0 spiro atoms. The third kappa shape index (κ3) is 5.22. The van der Waals surface area contributed by atoms with Gasteiger partial charge in [-0.2, -0.15) is 0 Å². The van der Waals surface area contributed by atoms with Crippen molar-refractivity contribution >= 4 is 17.8 Å². The number of hydrogen-bond donors (Lipinski definition) is 1. The highest BCUT2D eigenvalue weighted by Crippen LogP contribution is 2.30. The maximum absolute atomic E-state index is 6.33. The van der Waals surface area contributed by atoms with Crippen LogP contribution in [0.15, 0.2) is 75.7 Å². The fourth-order valence-electron chi connectivity index (χ4n) is 5.17. The van der Waals surface area contributed by atoms with E-state index in [-0.39, 0.29) is 0 Å². The van der Waals surface area contributed by atoms with Crippen molar-refractivity contribution in [2.45, 2.75) is 44.3 Å². The summed E-state index contributed by atoms with van der Waals surface area (Å²) in [6, 6.07) is 5.22. The van der Waals surface area contributed by atoms with E-state index >= 15 is 0 Å². The first kappa shape index (κ1) is 21.6. The zero-order valence-corrected chi connectivity index (χ0v) is 19.3. The number of aromatic nitrogens is 1. The van der Waals surface area contributed by atoms with E-state index in [0.29, 0.717) is 12.1 Å². The molecular weight excluding hydrogens is 418 g/mol. The molecule has 168 valence electrons. The van der Waals surface area contributed by atoms with E-state index in [1.165, 1.54) is 35.2 Å². The molecule has 1 unspecified atom stereocenters. The molecule has 1 aromatic heterocycles. The van der Waals surface area contributed by atoms with Gasteiger partial charge in [0.2, 0.25) is 0 Å². The van der Waals surface area contributed by atoms with Crippen LogP contribution in [-0.4, -0.2) is 65.8 Å². The Labute approximate surface area is 196 Å². The van der Waals surface area contributed by atoms with Gasteiger partial charge in [0.05, 0.1) is 0 Å². The SMILES string of the molecule is Cl/C1=C/C=C2\CNC(C=C2N2CCC(N(CC3=CC=NCC3)Cc3ccncc3)CC2)C1. The molecule has 1 fully saturated rings. The molecule has 2 bridgehead atoms. The van der Waals surface area contributed by atoms with Crippen molar-refractivity contribution in [3.63, 3.8) is 0 Å². The normalized spacial score (nSPS) is 27.2. The van der Waals surface area contributed by atoms with Crippen molar-refractivity contribution in [3.05, 3.63) is 76.3 Å². The van der Waals surface area contributed by atoms with Crippen LogP contribution in [0.4, 0.5) is 0 Å². The first-order valence-electron chi connectivity index (χ1n) is 11.8. The molecule has 5 heterocycles. The Bertz CT molecular complexity index is 954. The molecule has 1 atom stereocenters. The summed E-state index contributed by atoms with van der Waals surface area (Å²) in [5.74, 6) is 0. The summed E-state index contributed by atoms with van der Waals surface area (Å²) in [6.45, 7) is 6.06. The van der Waals surface area contributed by atoms with Crippen LogP contribution in [0.2, 0.25) is 0 Å². The monoisotopic (exact) mass is 449 g/mol. The van der Waals surface area contributed by atoms with Gasteiger partial charge in [-0.3, -0.25) is 14.9 Å². The number of halogens is 1. The Kier molecular flexibility index (Phi) is 6.86. The highest BCUT2D eigenvalue weighted by atomic mass is 35.5. The number of rotatable bonds is 6. The smallest absolute Gasteiger partial charge is 0.0427 e. The zero-order chi connectivity index (χ0) is 21.8. The molecule has 1 aromatic rings. The van der Waals surface area contributed by atoms with Gasteiger partial charge >= 0.3 is 0 Å². The number of likely N-dealkylation sites (tertiary alicyclic amines) is 1. The van der Waals surface area contributed by atoms with Gasteiger partial charge < -0.3 is 10.2 Å². The maximum atomic E-state index is 6.33. The third-order valence-corrected chi connectivity index (χ3v) is 7.24. The third-order valence-electron chi connectivity index (χ3n) is 6.96. The predicted octanol–water partition coefficient (Wildman–Crippen LogP) is 4.06. The molecule has 1 saturated heterocycles. The summed E-state index contributed by atoms with van der Waals surface area (Å²) < 4.78 is 0. The minimum Gasteiger partial charge on any atom is -0.371 e. The number of fused-ring (bicyclic) bond motifs is 3. The highest BCUT2D eigenvalue weighted by Gasteiger charge is 2.29. The van der Waals surface area contributed by atoms with E-state index in [1.807, 2.05) is 18.6 Å². The molecule has 0 amide bonds. The van der Waals surface area contributed by atoms with Gasteiger partial charge in [-0.25, -0.2) is 0 Å². The first-order chi connectivity index (χ1) is 15.7. The van der Waals surface area contributed by atoms with E-state index in [9.17, 15) is 0 Å². The van der Waals surface area contributed by atoms with Gasteiger partial charge in [-0.15, -0.1) is 0 Å². The second-order valence-electron chi connectivity index (χ2n) is 9.16. The first-order valence-corrected chi connectivity index (χ1v) is 12.2. The Morgan fingerprint density at radius 1 is 1.09 bits per heavy atom. The average molecular weight is 450 g/mol. The van der Waals surface area contributed by atoms with Gasteiger partial charge in [-0.05, 0) is 60.8 Å². The molecule has 1 aliphatic carbocycles. The number of aliphatic imine (C=N–C) groups is 1. The molecule has 6 heteroatoms. The van der Waals surface area contributed by atoms with E-state index in [0.717, 1.165) is 57.1 Å². The summed E-state index contributed by atoms with van der Waals surface area (Å²) in [4.78, 5) is 13.8. The molecule has 4 aliphatic heterocycles.